The lowest BCUT2D eigenvalue weighted by atomic mass is 10.1. The van der Waals surface area contributed by atoms with Gasteiger partial charge in [-0.1, -0.05) is 6.92 Å². The summed E-state index contributed by atoms with van der Waals surface area (Å²) in [6, 6.07) is 3.77. The maximum Gasteiger partial charge on any atom is 0.326 e. The normalized spacial score (nSPS) is 15.3. The summed E-state index contributed by atoms with van der Waals surface area (Å²) in [5.41, 5.74) is 1.67. The zero-order valence-electron chi connectivity index (χ0n) is 12.4. The number of carboxylic acid groups (broad SMARTS) is 1. The van der Waals surface area contributed by atoms with Crippen LogP contribution in [0, 0.1) is 0 Å². The monoisotopic (exact) mass is 326 g/mol. The van der Waals surface area contributed by atoms with Crippen LogP contribution in [0.4, 0.5) is 5.69 Å². The van der Waals surface area contributed by atoms with Gasteiger partial charge in [0.1, 0.15) is 6.04 Å². The van der Waals surface area contributed by atoms with Gasteiger partial charge in [-0.3, -0.25) is 9.10 Å². The Morgan fingerprint density at radius 1 is 1.41 bits per heavy atom. The molecule has 0 bridgehead atoms. The zero-order chi connectivity index (χ0) is 16.5. The van der Waals surface area contributed by atoms with Crippen molar-refractivity contribution in [3.05, 3.63) is 29.3 Å². The largest absolute Gasteiger partial charge is 0.480 e. The van der Waals surface area contributed by atoms with Crippen molar-refractivity contribution in [3.63, 3.8) is 0 Å². The molecule has 1 heterocycles. The Bertz CT molecular complexity index is 714. The van der Waals surface area contributed by atoms with Gasteiger partial charge in [-0.2, -0.15) is 0 Å². The van der Waals surface area contributed by atoms with Gasteiger partial charge in [0, 0.05) is 12.1 Å². The lowest BCUT2D eigenvalue weighted by Gasteiger charge is -2.17. The average Bonchev–Trinajstić information content (AvgIpc) is 2.86. The summed E-state index contributed by atoms with van der Waals surface area (Å²) in [4.78, 5) is 23.0. The van der Waals surface area contributed by atoms with E-state index in [4.69, 9.17) is 5.11 Å². The van der Waals surface area contributed by atoms with Crippen molar-refractivity contribution >= 4 is 27.6 Å². The first-order valence-corrected chi connectivity index (χ1v) is 8.73. The fourth-order valence-electron chi connectivity index (χ4n) is 2.44. The topological polar surface area (TPSA) is 104 Å². The molecule has 22 heavy (non-hydrogen) atoms. The first kappa shape index (κ1) is 16.3. The van der Waals surface area contributed by atoms with Gasteiger partial charge in [-0.05, 0) is 36.6 Å². The van der Waals surface area contributed by atoms with Crippen LogP contribution < -0.4 is 9.62 Å². The van der Waals surface area contributed by atoms with E-state index in [-0.39, 0.29) is 6.42 Å². The van der Waals surface area contributed by atoms with Crippen LogP contribution in [0.25, 0.3) is 0 Å². The Morgan fingerprint density at radius 3 is 2.64 bits per heavy atom. The number of nitrogens with one attached hydrogen (secondary N) is 1. The molecule has 1 atom stereocenters. The summed E-state index contributed by atoms with van der Waals surface area (Å²) >= 11 is 0. The van der Waals surface area contributed by atoms with Gasteiger partial charge in [0.05, 0.1) is 11.9 Å². The second-order valence-corrected chi connectivity index (χ2v) is 7.11. The molecule has 120 valence electrons. The second-order valence-electron chi connectivity index (χ2n) is 5.20. The summed E-state index contributed by atoms with van der Waals surface area (Å²) < 4.78 is 24.6. The van der Waals surface area contributed by atoms with E-state index in [0.717, 1.165) is 11.8 Å². The van der Waals surface area contributed by atoms with Crippen LogP contribution in [0.15, 0.2) is 18.2 Å². The molecule has 1 aromatic carbocycles. The molecular weight excluding hydrogens is 308 g/mol. The average molecular weight is 326 g/mol. The highest BCUT2D eigenvalue weighted by molar-refractivity contribution is 7.92. The first-order chi connectivity index (χ1) is 10.2. The van der Waals surface area contributed by atoms with Crippen molar-refractivity contribution in [2.75, 3.05) is 17.1 Å². The molecule has 8 heteroatoms. The van der Waals surface area contributed by atoms with Crippen LogP contribution in [0.3, 0.4) is 0 Å². The van der Waals surface area contributed by atoms with E-state index in [1.807, 2.05) is 0 Å². The molecule has 1 aromatic rings. The minimum Gasteiger partial charge on any atom is -0.480 e. The molecule has 2 N–H and O–H groups in total. The van der Waals surface area contributed by atoms with Crippen molar-refractivity contribution in [1.82, 2.24) is 5.32 Å². The van der Waals surface area contributed by atoms with E-state index < -0.39 is 27.9 Å². The Morgan fingerprint density at radius 2 is 2.09 bits per heavy atom. The van der Waals surface area contributed by atoms with Crippen molar-refractivity contribution in [2.45, 2.75) is 25.8 Å². The lowest BCUT2D eigenvalue weighted by Crippen LogP contribution is -2.40. The fraction of sp³-hybridized carbons (Fsp3) is 0.429. The number of hydrogen-bond donors (Lipinski definition) is 2. The Hall–Kier alpha value is -2.09. The van der Waals surface area contributed by atoms with Crippen LogP contribution in [0.1, 0.15) is 29.3 Å². The minimum absolute atomic E-state index is 0.286. The van der Waals surface area contributed by atoms with Crippen LogP contribution in [-0.2, 0) is 21.2 Å². The molecule has 7 nitrogen and oxygen atoms in total. The number of carbonyl (C=O) groups is 2. The van der Waals surface area contributed by atoms with E-state index in [0.29, 0.717) is 24.2 Å². The molecule has 1 unspecified atom stereocenters. The number of benzene rings is 1. The van der Waals surface area contributed by atoms with Crippen molar-refractivity contribution < 1.29 is 23.1 Å². The van der Waals surface area contributed by atoms with Crippen LogP contribution in [0.2, 0.25) is 0 Å². The number of carboxylic acids is 1. The van der Waals surface area contributed by atoms with Crippen molar-refractivity contribution in [3.8, 4) is 0 Å². The molecule has 0 aliphatic carbocycles. The molecule has 0 spiro atoms. The maximum atomic E-state index is 12.1. The summed E-state index contributed by atoms with van der Waals surface area (Å²) in [6.45, 7) is 2.03. The van der Waals surface area contributed by atoms with Crippen molar-refractivity contribution in [1.29, 1.82) is 0 Å². The number of aliphatic carboxylic acids is 1. The molecule has 1 amide bonds. The second kappa shape index (κ2) is 5.96. The van der Waals surface area contributed by atoms with Gasteiger partial charge in [0.15, 0.2) is 0 Å². The number of hydrogen-bond acceptors (Lipinski definition) is 4. The standard InChI is InChI=1S/C14H18N2O5S/c1-3-11(14(18)19)15-13(17)10-4-5-12-9(8-10)6-7-16(12)22(2,20)21/h4-5,8,11H,3,6-7H2,1-2H3,(H,15,17)(H,18,19). The molecular formula is C14H18N2O5S. The van der Waals surface area contributed by atoms with Gasteiger partial charge in [-0.25, -0.2) is 13.2 Å². The highest BCUT2D eigenvalue weighted by atomic mass is 32.2. The molecule has 0 saturated carbocycles. The van der Waals surface area contributed by atoms with Gasteiger partial charge >= 0.3 is 5.97 Å². The third-order valence-corrected chi connectivity index (χ3v) is 4.79. The molecule has 2 rings (SSSR count). The van der Waals surface area contributed by atoms with E-state index in [1.165, 1.54) is 10.4 Å². The summed E-state index contributed by atoms with van der Waals surface area (Å²) in [6.07, 6.45) is 1.95. The SMILES string of the molecule is CCC(NC(=O)c1ccc2c(c1)CCN2S(C)(=O)=O)C(=O)O. The number of anilines is 1. The highest BCUT2D eigenvalue weighted by Crippen LogP contribution is 2.30. The van der Waals surface area contributed by atoms with Crippen LogP contribution in [0.5, 0.6) is 0 Å². The molecule has 1 aliphatic rings. The fourth-order valence-corrected chi connectivity index (χ4v) is 3.40. The van der Waals surface area contributed by atoms with E-state index in [9.17, 15) is 18.0 Å². The predicted molar refractivity (Wildman–Crippen MR) is 81.5 cm³/mol. The van der Waals surface area contributed by atoms with Gasteiger partial charge in [0.25, 0.3) is 5.91 Å². The summed E-state index contributed by atoms with van der Waals surface area (Å²) in [7, 11) is -3.33. The lowest BCUT2D eigenvalue weighted by molar-refractivity contribution is -0.139. The number of sulfonamides is 1. The van der Waals surface area contributed by atoms with Crippen LogP contribution in [-0.4, -0.2) is 44.2 Å². The Kier molecular flexibility index (Phi) is 4.41. The van der Waals surface area contributed by atoms with E-state index >= 15 is 0 Å². The van der Waals surface area contributed by atoms with Crippen LogP contribution >= 0.6 is 0 Å². The highest BCUT2D eigenvalue weighted by Gasteiger charge is 2.27. The quantitative estimate of drug-likeness (QED) is 0.825. The molecule has 0 aromatic heterocycles. The van der Waals surface area contributed by atoms with Gasteiger partial charge in [0.2, 0.25) is 10.0 Å². The molecule has 0 fully saturated rings. The third-order valence-electron chi connectivity index (χ3n) is 3.61. The van der Waals surface area contributed by atoms with Crippen molar-refractivity contribution in [2.24, 2.45) is 0 Å². The first-order valence-electron chi connectivity index (χ1n) is 6.88. The predicted octanol–water partition coefficient (Wildman–Crippen LogP) is 0.602. The maximum absolute atomic E-state index is 12.1. The Labute approximate surface area is 129 Å². The third kappa shape index (κ3) is 3.22. The summed E-state index contributed by atoms with van der Waals surface area (Å²) in [5, 5.41) is 11.4. The number of fused-ring (bicyclic) bond motifs is 1. The molecule has 0 radical (unpaired) electrons. The molecule has 1 aliphatic heterocycles. The Balaban J connectivity index is 2.23. The van der Waals surface area contributed by atoms with E-state index in [2.05, 4.69) is 5.32 Å². The zero-order valence-corrected chi connectivity index (χ0v) is 13.2. The number of rotatable bonds is 5. The molecule has 0 saturated heterocycles. The van der Waals surface area contributed by atoms with Gasteiger partial charge in [-0.15, -0.1) is 0 Å². The number of nitrogens with zero attached hydrogens (tertiary/aromatic N) is 1. The number of amides is 1. The number of carbonyl (C=O) groups excluding carboxylic acids is 1. The minimum atomic E-state index is -3.33. The summed E-state index contributed by atoms with van der Waals surface area (Å²) in [5.74, 6) is -1.56. The van der Waals surface area contributed by atoms with E-state index in [1.54, 1.807) is 19.1 Å². The van der Waals surface area contributed by atoms with Gasteiger partial charge < -0.3 is 10.4 Å². The smallest absolute Gasteiger partial charge is 0.326 e.